The van der Waals surface area contributed by atoms with E-state index >= 15 is 0 Å². The summed E-state index contributed by atoms with van der Waals surface area (Å²) in [7, 11) is 0. The second-order valence-corrected chi connectivity index (χ2v) is 9.96. The smallest absolute Gasteiger partial charge is 0.162 e. The molecule has 3 aliphatic rings. The fourth-order valence-electron chi connectivity index (χ4n) is 5.11. The maximum absolute atomic E-state index is 13.4. The highest BCUT2D eigenvalue weighted by atomic mass is 32.1. The van der Waals surface area contributed by atoms with Gasteiger partial charge in [0.2, 0.25) is 0 Å². The summed E-state index contributed by atoms with van der Waals surface area (Å²) in [6, 6.07) is 9.02. The molecule has 2 aromatic rings. The van der Waals surface area contributed by atoms with Gasteiger partial charge in [-0.05, 0) is 48.1 Å². The molecule has 1 aromatic heterocycles. The molecule has 1 unspecified atom stereocenters. The van der Waals surface area contributed by atoms with Gasteiger partial charge < -0.3 is 5.32 Å². The summed E-state index contributed by atoms with van der Waals surface area (Å²) in [5, 5.41) is 3.53. The van der Waals surface area contributed by atoms with Gasteiger partial charge in [-0.2, -0.15) is 0 Å². The largest absolute Gasteiger partial charge is 0.342 e. The van der Waals surface area contributed by atoms with Crippen LogP contribution in [0.2, 0.25) is 0 Å². The van der Waals surface area contributed by atoms with Crippen LogP contribution in [0.1, 0.15) is 74.8 Å². The molecule has 0 bridgehead atoms. The first-order valence-corrected chi connectivity index (χ1v) is 10.9. The number of benzene rings is 1. The summed E-state index contributed by atoms with van der Waals surface area (Å²) in [6.45, 7) is 6.60. The number of allylic oxidation sites excluding steroid dienone is 2. The van der Waals surface area contributed by atoms with Gasteiger partial charge in [0.15, 0.2) is 5.78 Å². The molecule has 0 spiro atoms. The first-order chi connectivity index (χ1) is 12.9. The maximum atomic E-state index is 13.4. The van der Waals surface area contributed by atoms with Gasteiger partial charge >= 0.3 is 0 Å². The summed E-state index contributed by atoms with van der Waals surface area (Å²) in [6.07, 6.45) is 4.97. The predicted molar refractivity (Wildman–Crippen MR) is 110 cm³/mol. The number of aromatic nitrogens is 1. The lowest BCUT2D eigenvalue weighted by Crippen LogP contribution is -2.43. The fraction of sp³-hybridized carbons (Fsp3) is 0.478. The lowest BCUT2D eigenvalue weighted by molar-refractivity contribution is -0.118. The topological polar surface area (TPSA) is 42.0 Å². The highest BCUT2D eigenvalue weighted by Crippen LogP contribution is 2.55. The van der Waals surface area contributed by atoms with Gasteiger partial charge in [-0.25, -0.2) is 4.98 Å². The molecule has 3 nitrogen and oxygen atoms in total. The fourth-order valence-corrected chi connectivity index (χ4v) is 6.15. The normalized spacial score (nSPS) is 26.4. The van der Waals surface area contributed by atoms with Crippen LogP contribution >= 0.6 is 11.3 Å². The molecule has 1 saturated carbocycles. The van der Waals surface area contributed by atoms with E-state index in [0.29, 0.717) is 18.1 Å². The number of nitrogens with zero attached hydrogens (tertiary/aromatic N) is 1. The van der Waals surface area contributed by atoms with Crippen molar-refractivity contribution in [2.45, 2.75) is 64.2 Å². The van der Waals surface area contributed by atoms with E-state index in [0.717, 1.165) is 29.9 Å². The van der Waals surface area contributed by atoms with Crippen molar-refractivity contribution in [3.05, 3.63) is 57.1 Å². The van der Waals surface area contributed by atoms with E-state index in [-0.39, 0.29) is 10.8 Å². The minimum Gasteiger partial charge on any atom is -0.342 e. The minimum absolute atomic E-state index is 0.00815. The van der Waals surface area contributed by atoms with Crippen molar-refractivity contribution in [2.75, 3.05) is 5.32 Å². The number of ketones is 1. The van der Waals surface area contributed by atoms with Gasteiger partial charge in [0, 0.05) is 17.7 Å². The van der Waals surface area contributed by atoms with Crippen LogP contribution < -0.4 is 5.32 Å². The van der Waals surface area contributed by atoms with E-state index in [2.05, 4.69) is 55.3 Å². The van der Waals surface area contributed by atoms with E-state index in [1.807, 2.05) is 5.51 Å². The molecule has 1 atom stereocenters. The molecule has 4 heteroatoms. The van der Waals surface area contributed by atoms with E-state index in [1.54, 1.807) is 11.3 Å². The third kappa shape index (κ3) is 2.53. The molecule has 2 aliphatic carbocycles. The summed E-state index contributed by atoms with van der Waals surface area (Å²) in [5.41, 5.74) is 6.32. The Bertz CT molecular complexity index is 966. The second-order valence-electron chi connectivity index (χ2n) is 9.11. The molecule has 1 aromatic carbocycles. The van der Waals surface area contributed by atoms with Crippen LogP contribution in [0.15, 0.2) is 41.0 Å². The Kier molecular flexibility index (Phi) is 3.68. The Morgan fingerprint density at radius 3 is 2.81 bits per heavy atom. The first-order valence-electron chi connectivity index (χ1n) is 10.0. The van der Waals surface area contributed by atoms with Crippen LogP contribution in [0.5, 0.6) is 0 Å². The van der Waals surface area contributed by atoms with Crippen molar-refractivity contribution in [1.82, 2.24) is 4.98 Å². The van der Waals surface area contributed by atoms with Gasteiger partial charge in [-0.1, -0.05) is 45.0 Å². The number of nitrogens with one attached hydrogen (secondary N) is 1. The number of carbonyl (C=O) groups excluding carboxylic acids is 1. The third-order valence-corrected chi connectivity index (χ3v) is 7.47. The highest BCUT2D eigenvalue weighted by molar-refractivity contribution is 7.10. The van der Waals surface area contributed by atoms with Crippen molar-refractivity contribution in [3.63, 3.8) is 0 Å². The zero-order chi connectivity index (χ0) is 18.8. The van der Waals surface area contributed by atoms with Crippen molar-refractivity contribution < 1.29 is 4.79 Å². The van der Waals surface area contributed by atoms with Gasteiger partial charge in [0.25, 0.3) is 0 Å². The van der Waals surface area contributed by atoms with Crippen molar-refractivity contribution in [2.24, 2.45) is 5.41 Å². The number of rotatable bonds is 3. The quantitative estimate of drug-likeness (QED) is 0.735. The minimum atomic E-state index is -0.366. The standard InChI is InChI=1S/C23H26N2OS/c1-4-23(16-7-5-6-15(10-16)14-8-9-14)19-17(11-22(2,3)12-18(19)26)25-21-20(23)27-13-24-21/h5-7,10,13-14,25H,4,8-9,11-12H2,1-3H3. The molecule has 2 heterocycles. The first kappa shape index (κ1) is 17.2. The summed E-state index contributed by atoms with van der Waals surface area (Å²) in [4.78, 5) is 19.3. The molecule has 0 radical (unpaired) electrons. The number of hydrogen-bond acceptors (Lipinski definition) is 4. The van der Waals surface area contributed by atoms with Crippen molar-refractivity contribution in [3.8, 4) is 0 Å². The van der Waals surface area contributed by atoms with Crippen molar-refractivity contribution in [1.29, 1.82) is 0 Å². The Labute approximate surface area is 164 Å². The summed E-state index contributed by atoms with van der Waals surface area (Å²) in [5.74, 6) is 1.95. The Hall–Kier alpha value is -1.94. The molecule has 1 aliphatic heterocycles. The molecule has 1 fully saturated rings. The van der Waals surface area contributed by atoms with E-state index in [9.17, 15) is 4.79 Å². The molecule has 140 valence electrons. The maximum Gasteiger partial charge on any atom is 0.162 e. The molecule has 27 heavy (non-hydrogen) atoms. The number of thiazole rings is 1. The van der Waals surface area contributed by atoms with Crippen LogP contribution in [-0.4, -0.2) is 10.8 Å². The summed E-state index contributed by atoms with van der Waals surface area (Å²) >= 11 is 1.68. The second kappa shape index (κ2) is 5.78. The third-order valence-electron chi connectivity index (χ3n) is 6.48. The average molecular weight is 379 g/mol. The Morgan fingerprint density at radius 1 is 1.26 bits per heavy atom. The van der Waals surface area contributed by atoms with E-state index in [4.69, 9.17) is 0 Å². The molecule has 0 saturated heterocycles. The Balaban J connectivity index is 1.77. The van der Waals surface area contributed by atoms with Crippen LogP contribution in [-0.2, 0) is 10.2 Å². The number of carbonyl (C=O) groups is 1. The van der Waals surface area contributed by atoms with Gasteiger partial charge in [0.1, 0.15) is 5.82 Å². The number of fused-ring (bicyclic) bond motifs is 1. The number of anilines is 1. The lowest BCUT2D eigenvalue weighted by atomic mass is 9.62. The number of hydrogen-bond donors (Lipinski definition) is 1. The van der Waals surface area contributed by atoms with Crippen LogP contribution in [0, 0.1) is 5.41 Å². The average Bonchev–Trinajstić information content (AvgIpc) is 3.37. The number of Topliss-reactive ketones (excluding diaryl/α,β-unsaturated/α-hetero) is 1. The lowest BCUT2D eigenvalue weighted by Gasteiger charge is -2.44. The van der Waals surface area contributed by atoms with Gasteiger partial charge in [-0.15, -0.1) is 11.3 Å². The van der Waals surface area contributed by atoms with E-state index in [1.165, 1.54) is 28.8 Å². The van der Waals surface area contributed by atoms with Crippen LogP contribution in [0.3, 0.4) is 0 Å². The SMILES string of the molecule is CCC1(c2cccc(C3CC3)c2)C2=C(CC(C)(C)CC2=O)Nc2ncsc21. The zero-order valence-electron chi connectivity index (χ0n) is 16.3. The van der Waals surface area contributed by atoms with Crippen LogP contribution in [0.25, 0.3) is 0 Å². The molecular weight excluding hydrogens is 352 g/mol. The highest BCUT2D eigenvalue weighted by Gasteiger charge is 2.50. The van der Waals surface area contributed by atoms with Gasteiger partial charge in [0.05, 0.1) is 15.8 Å². The molecule has 0 amide bonds. The van der Waals surface area contributed by atoms with Gasteiger partial charge in [-0.3, -0.25) is 4.79 Å². The monoisotopic (exact) mass is 378 g/mol. The zero-order valence-corrected chi connectivity index (χ0v) is 17.1. The Morgan fingerprint density at radius 2 is 2.07 bits per heavy atom. The van der Waals surface area contributed by atoms with Crippen molar-refractivity contribution >= 4 is 22.9 Å². The molecular formula is C23H26N2OS. The molecule has 5 rings (SSSR count). The van der Waals surface area contributed by atoms with Crippen LogP contribution in [0.4, 0.5) is 5.82 Å². The predicted octanol–water partition coefficient (Wildman–Crippen LogP) is 5.79. The van der Waals surface area contributed by atoms with E-state index < -0.39 is 0 Å². The summed E-state index contributed by atoms with van der Waals surface area (Å²) < 4.78 is 0. The molecule has 1 N–H and O–H groups in total.